The van der Waals surface area contributed by atoms with Crippen LogP contribution in [0.25, 0.3) is 0 Å². The monoisotopic (exact) mass is 261 g/mol. The Kier molecular flexibility index (Phi) is 4.97. The molecule has 1 N–H and O–H groups in total. The number of rotatable bonds is 6. The predicted molar refractivity (Wildman–Crippen MR) is 76.1 cm³/mol. The third kappa shape index (κ3) is 4.06. The maximum atomic E-state index is 10.6. The van der Waals surface area contributed by atoms with Gasteiger partial charge in [0.2, 0.25) is 0 Å². The van der Waals surface area contributed by atoms with Crippen molar-refractivity contribution < 1.29 is 9.90 Å². The van der Waals surface area contributed by atoms with Gasteiger partial charge in [0.1, 0.15) is 0 Å². The molecule has 1 fully saturated rings. The normalized spacial score (nSPS) is 19.7. The Hall–Kier alpha value is -1.35. The molecular formula is C16H23NO2. The molecule has 0 radical (unpaired) electrons. The standard InChI is InChI=1S/C16H23NO2/c1-2-14-5-3-4-6-15(14)12-17-10-9-13(11-17)7-8-16(18)19/h3-6,13H,2,7-12H2,1H3,(H,18,19). The molecule has 0 aliphatic carbocycles. The van der Waals surface area contributed by atoms with Crippen molar-refractivity contribution in [2.75, 3.05) is 13.1 Å². The molecule has 104 valence electrons. The smallest absolute Gasteiger partial charge is 0.303 e. The summed E-state index contributed by atoms with van der Waals surface area (Å²) in [7, 11) is 0. The van der Waals surface area contributed by atoms with Crippen LogP contribution in [0.2, 0.25) is 0 Å². The number of likely N-dealkylation sites (tertiary alicyclic amines) is 1. The number of hydrogen-bond donors (Lipinski definition) is 1. The van der Waals surface area contributed by atoms with E-state index in [1.54, 1.807) is 0 Å². The quantitative estimate of drug-likeness (QED) is 0.856. The zero-order chi connectivity index (χ0) is 13.7. The summed E-state index contributed by atoms with van der Waals surface area (Å²) >= 11 is 0. The SMILES string of the molecule is CCc1ccccc1CN1CCC(CCC(=O)O)C1. The molecule has 0 amide bonds. The van der Waals surface area contributed by atoms with Crippen LogP contribution >= 0.6 is 0 Å². The first-order valence-electron chi connectivity index (χ1n) is 7.20. The van der Waals surface area contributed by atoms with Crippen molar-refractivity contribution in [1.82, 2.24) is 4.90 Å². The van der Waals surface area contributed by atoms with Crippen LogP contribution in [0.4, 0.5) is 0 Å². The fourth-order valence-electron chi connectivity index (χ4n) is 2.92. The molecule has 1 aliphatic rings. The van der Waals surface area contributed by atoms with Gasteiger partial charge in [-0.1, -0.05) is 31.2 Å². The second-order valence-corrected chi connectivity index (χ2v) is 5.44. The highest BCUT2D eigenvalue weighted by molar-refractivity contribution is 5.66. The molecule has 19 heavy (non-hydrogen) atoms. The Morgan fingerprint density at radius 2 is 2.11 bits per heavy atom. The van der Waals surface area contributed by atoms with E-state index >= 15 is 0 Å². The average Bonchev–Trinajstić information content (AvgIpc) is 2.85. The number of carboxylic acids is 1. The van der Waals surface area contributed by atoms with Crippen LogP contribution in [-0.4, -0.2) is 29.1 Å². The van der Waals surface area contributed by atoms with E-state index in [2.05, 4.69) is 36.1 Å². The average molecular weight is 261 g/mol. The van der Waals surface area contributed by atoms with Crippen molar-refractivity contribution in [2.24, 2.45) is 5.92 Å². The fraction of sp³-hybridized carbons (Fsp3) is 0.562. The van der Waals surface area contributed by atoms with Gasteiger partial charge in [0.25, 0.3) is 0 Å². The van der Waals surface area contributed by atoms with E-state index in [-0.39, 0.29) is 0 Å². The molecule has 1 aromatic rings. The number of aliphatic carboxylic acids is 1. The zero-order valence-corrected chi connectivity index (χ0v) is 11.6. The summed E-state index contributed by atoms with van der Waals surface area (Å²) in [6.07, 6.45) is 3.35. The lowest BCUT2D eigenvalue weighted by Crippen LogP contribution is -2.21. The van der Waals surface area contributed by atoms with Gasteiger partial charge < -0.3 is 5.11 Å². The van der Waals surface area contributed by atoms with E-state index in [1.165, 1.54) is 11.1 Å². The summed E-state index contributed by atoms with van der Waals surface area (Å²) in [6.45, 7) is 5.35. The Morgan fingerprint density at radius 1 is 1.37 bits per heavy atom. The Bertz CT molecular complexity index is 431. The molecule has 0 bridgehead atoms. The molecule has 1 atom stereocenters. The summed E-state index contributed by atoms with van der Waals surface area (Å²) in [5, 5.41) is 8.73. The highest BCUT2D eigenvalue weighted by atomic mass is 16.4. The molecule has 2 rings (SSSR count). The van der Waals surface area contributed by atoms with Gasteiger partial charge >= 0.3 is 5.97 Å². The summed E-state index contributed by atoms with van der Waals surface area (Å²) in [5.41, 5.74) is 2.85. The maximum absolute atomic E-state index is 10.6. The van der Waals surface area contributed by atoms with Crippen molar-refractivity contribution in [1.29, 1.82) is 0 Å². The molecule has 1 aliphatic heterocycles. The van der Waals surface area contributed by atoms with Crippen molar-refractivity contribution in [3.05, 3.63) is 35.4 Å². The van der Waals surface area contributed by atoms with E-state index in [9.17, 15) is 4.79 Å². The molecular weight excluding hydrogens is 238 g/mol. The van der Waals surface area contributed by atoms with E-state index in [1.807, 2.05) is 0 Å². The molecule has 3 heteroatoms. The van der Waals surface area contributed by atoms with Crippen molar-refractivity contribution >= 4 is 5.97 Å². The van der Waals surface area contributed by atoms with Crippen molar-refractivity contribution in [3.63, 3.8) is 0 Å². The van der Waals surface area contributed by atoms with Crippen LogP contribution in [0.15, 0.2) is 24.3 Å². The molecule has 0 saturated carbocycles. The lowest BCUT2D eigenvalue weighted by atomic mass is 10.0. The number of carbonyl (C=O) groups is 1. The number of carboxylic acid groups (broad SMARTS) is 1. The minimum absolute atomic E-state index is 0.310. The molecule has 3 nitrogen and oxygen atoms in total. The summed E-state index contributed by atoms with van der Waals surface area (Å²) in [5.74, 6) is -0.111. The van der Waals surface area contributed by atoms with Gasteiger partial charge in [0.05, 0.1) is 0 Å². The molecule has 1 saturated heterocycles. The molecule has 1 aromatic carbocycles. The first-order chi connectivity index (χ1) is 9.19. The minimum atomic E-state index is -0.672. The van der Waals surface area contributed by atoms with E-state index in [4.69, 9.17) is 5.11 Å². The lowest BCUT2D eigenvalue weighted by molar-refractivity contribution is -0.137. The Balaban J connectivity index is 1.86. The van der Waals surface area contributed by atoms with Crippen LogP contribution in [0.5, 0.6) is 0 Å². The van der Waals surface area contributed by atoms with E-state index in [0.29, 0.717) is 12.3 Å². The molecule has 0 aromatic heterocycles. The molecule has 0 spiro atoms. The van der Waals surface area contributed by atoms with Gasteiger partial charge in [-0.25, -0.2) is 0 Å². The lowest BCUT2D eigenvalue weighted by Gasteiger charge is -2.18. The maximum Gasteiger partial charge on any atom is 0.303 e. The molecule has 1 unspecified atom stereocenters. The third-order valence-electron chi connectivity index (χ3n) is 4.03. The van der Waals surface area contributed by atoms with E-state index in [0.717, 1.165) is 38.9 Å². The van der Waals surface area contributed by atoms with Gasteiger partial charge in [-0.2, -0.15) is 0 Å². The Morgan fingerprint density at radius 3 is 2.79 bits per heavy atom. The van der Waals surface area contributed by atoms with Crippen LogP contribution in [0.1, 0.15) is 37.3 Å². The van der Waals surface area contributed by atoms with E-state index < -0.39 is 5.97 Å². The summed E-state index contributed by atoms with van der Waals surface area (Å²) in [4.78, 5) is 13.1. The third-order valence-corrected chi connectivity index (χ3v) is 4.03. The fourth-order valence-corrected chi connectivity index (χ4v) is 2.92. The van der Waals surface area contributed by atoms with Crippen LogP contribution < -0.4 is 0 Å². The molecule has 1 heterocycles. The van der Waals surface area contributed by atoms with Crippen LogP contribution in [0, 0.1) is 5.92 Å². The van der Waals surface area contributed by atoms with Gasteiger partial charge in [0.15, 0.2) is 0 Å². The topological polar surface area (TPSA) is 40.5 Å². The van der Waals surface area contributed by atoms with Gasteiger partial charge in [-0.3, -0.25) is 9.69 Å². The number of hydrogen-bond acceptors (Lipinski definition) is 2. The Labute approximate surface area is 115 Å². The second-order valence-electron chi connectivity index (χ2n) is 5.44. The predicted octanol–water partition coefficient (Wildman–Crippen LogP) is 2.94. The largest absolute Gasteiger partial charge is 0.481 e. The zero-order valence-electron chi connectivity index (χ0n) is 11.6. The van der Waals surface area contributed by atoms with Gasteiger partial charge in [-0.05, 0) is 42.9 Å². The number of nitrogens with zero attached hydrogens (tertiary/aromatic N) is 1. The van der Waals surface area contributed by atoms with Crippen molar-refractivity contribution in [3.8, 4) is 0 Å². The first-order valence-corrected chi connectivity index (χ1v) is 7.20. The first kappa shape index (κ1) is 14.1. The second kappa shape index (κ2) is 6.71. The van der Waals surface area contributed by atoms with Crippen LogP contribution in [-0.2, 0) is 17.8 Å². The summed E-state index contributed by atoms with van der Waals surface area (Å²) < 4.78 is 0. The van der Waals surface area contributed by atoms with Gasteiger partial charge in [-0.15, -0.1) is 0 Å². The summed E-state index contributed by atoms with van der Waals surface area (Å²) in [6, 6.07) is 8.62. The number of aryl methyl sites for hydroxylation is 1. The minimum Gasteiger partial charge on any atom is -0.481 e. The van der Waals surface area contributed by atoms with Crippen molar-refractivity contribution in [2.45, 2.75) is 39.2 Å². The highest BCUT2D eigenvalue weighted by Crippen LogP contribution is 2.23. The van der Waals surface area contributed by atoms with Gasteiger partial charge in [0, 0.05) is 19.5 Å². The highest BCUT2D eigenvalue weighted by Gasteiger charge is 2.23. The van der Waals surface area contributed by atoms with Crippen LogP contribution in [0.3, 0.4) is 0 Å². The number of benzene rings is 1.